The van der Waals surface area contributed by atoms with E-state index in [0.717, 1.165) is 29.2 Å². The maximum atomic E-state index is 12.4. The number of amides is 2. The Kier molecular flexibility index (Phi) is 7.33. The van der Waals surface area contributed by atoms with Crippen LogP contribution in [0.15, 0.2) is 12.3 Å². The highest BCUT2D eigenvalue weighted by molar-refractivity contribution is 7.16. The van der Waals surface area contributed by atoms with Crippen molar-refractivity contribution >= 4 is 45.8 Å². The van der Waals surface area contributed by atoms with E-state index in [0.29, 0.717) is 29.2 Å². The predicted octanol–water partition coefficient (Wildman–Crippen LogP) is 2.86. The Bertz CT molecular complexity index is 922. The van der Waals surface area contributed by atoms with Crippen LogP contribution in [0.5, 0.6) is 5.75 Å². The first-order chi connectivity index (χ1) is 14.4. The minimum Gasteiger partial charge on any atom is -0.493 e. The van der Waals surface area contributed by atoms with Crippen LogP contribution in [0.4, 0.5) is 15.6 Å². The summed E-state index contributed by atoms with van der Waals surface area (Å²) < 4.78 is 10.1. The summed E-state index contributed by atoms with van der Waals surface area (Å²) in [6.07, 6.45) is 2.62. The first-order valence-corrected chi connectivity index (χ1v) is 10.7. The summed E-state index contributed by atoms with van der Waals surface area (Å²) in [6, 6.07) is 1.56. The fraction of sp³-hybridized carbons (Fsp3) is 0.474. The Morgan fingerprint density at radius 1 is 1.43 bits per heavy atom. The van der Waals surface area contributed by atoms with E-state index >= 15 is 0 Å². The summed E-state index contributed by atoms with van der Waals surface area (Å²) in [5.41, 5.74) is 1.91. The van der Waals surface area contributed by atoms with Crippen molar-refractivity contribution in [1.82, 2.24) is 15.3 Å². The summed E-state index contributed by atoms with van der Waals surface area (Å²) in [6.45, 7) is 3.73. The monoisotopic (exact) mass is 453 g/mol. The number of carbonyl (C=O) groups is 2. The van der Waals surface area contributed by atoms with Crippen LogP contribution in [0.1, 0.15) is 23.9 Å². The van der Waals surface area contributed by atoms with Crippen molar-refractivity contribution in [2.45, 2.75) is 26.3 Å². The molecule has 0 radical (unpaired) electrons. The number of urea groups is 1. The fourth-order valence-corrected chi connectivity index (χ4v) is 4.25. The SMILES string of the molecule is CCOC(=O)CCNC(=O)N(C)c1nc2c(s1)CN(c1cnc(Cl)c(OC)c1)CC2. The number of nitrogens with zero attached hydrogens (tertiary/aromatic N) is 4. The molecular weight excluding hydrogens is 430 g/mol. The molecule has 0 saturated heterocycles. The van der Waals surface area contributed by atoms with E-state index in [1.807, 2.05) is 6.07 Å². The number of esters is 1. The molecule has 1 N–H and O–H groups in total. The third-order valence-corrected chi connectivity index (χ3v) is 6.04. The van der Waals surface area contributed by atoms with Crippen molar-refractivity contribution in [3.8, 4) is 5.75 Å². The Labute approximate surface area is 183 Å². The van der Waals surface area contributed by atoms with E-state index in [4.69, 9.17) is 21.1 Å². The van der Waals surface area contributed by atoms with Crippen LogP contribution in [0.2, 0.25) is 5.15 Å². The van der Waals surface area contributed by atoms with Gasteiger partial charge in [0.2, 0.25) is 0 Å². The lowest BCUT2D eigenvalue weighted by molar-refractivity contribution is -0.142. The highest BCUT2D eigenvalue weighted by Gasteiger charge is 2.24. The standard InChI is InChI=1S/C19H24ClN5O4S/c1-4-29-16(26)5-7-21-18(27)24(2)19-23-13-6-8-25(11-15(13)30-19)12-9-14(28-3)17(20)22-10-12/h9-10H,4-8,11H2,1-3H3,(H,21,27). The molecule has 3 rings (SSSR count). The molecule has 1 aliphatic rings. The molecule has 0 aliphatic carbocycles. The Balaban J connectivity index is 1.62. The molecule has 0 unspecified atom stereocenters. The lowest BCUT2D eigenvalue weighted by Gasteiger charge is -2.28. The summed E-state index contributed by atoms with van der Waals surface area (Å²) in [7, 11) is 3.22. The van der Waals surface area contributed by atoms with Gasteiger partial charge in [-0.05, 0) is 6.92 Å². The number of thiazole rings is 1. The molecule has 2 amide bonds. The molecule has 3 heterocycles. The molecule has 0 bridgehead atoms. The molecule has 0 fully saturated rings. The van der Waals surface area contributed by atoms with E-state index in [1.165, 1.54) is 16.2 Å². The third kappa shape index (κ3) is 5.11. The smallest absolute Gasteiger partial charge is 0.323 e. The Morgan fingerprint density at radius 3 is 2.97 bits per heavy atom. The topological polar surface area (TPSA) is 96.9 Å². The predicted molar refractivity (Wildman–Crippen MR) is 116 cm³/mol. The molecule has 0 atom stereocenters. The van der Waals surface area contributed by atoms with E-state index in [1.54, 1.807) is 27.3 Å². The number of hydrogen-bond donors (Lipinski definition) is 1. The molecule has 11 heteroatoms. The van der Waals surface area contributed by atoms with Gasteiger partial charge in [-0.25, -0.2) is 14.8 Å². The van der Waals surface area contributed by atoms with Gasteiger partial charge in [0.1, 0.15) is 0 Å². The number of halogens is 1. The van der Waals surface area contributed by atoms with Crippen LogP contribution in [-0.2, 0) is 22.5 Å². The number of hydrogen-bond acceptors (Lipinski definition) is 8. The fourth-order valence-electron chi connectivity index (χ4n) is 2.99. The molecule has 30 heavy (non-hydrogen) atoms. The van der Waals surface area contributed by atoms with Crippen LogP contribution in [0, 0.1) is 0 Å². The van der Waals surface area contributed by atoms with Crippen LogP contribution in [0.25, 0.3) is 0 Å². The van der Waals surface area contributed by atoms with E-state index < -0.39 is 0 Å². The second-order valence-electron chi connectivity index (χ2n) is 6.57. The minimum absolute atomic E-state index is 0.134. The molecule has 2 aromatic heterocycles. The van der Waals surface area contributed by atoms with Crippen molar-refractivity contribution in [3.05, 3.63) is 28.0 Å². The van der Waals surface area contributed by atoms with Crippen molar-refractivity contribution < 1.29 is 19.1 Å². The van der Waals surface area contributed by atoms with Crippen LogP contribution >= 0.6 is 22.9 Å². The van der Waals surface area contributed by atoms with Crippen LogP contribution in [0.3, 0.4) is 0 Å². The molecule has 2 aromatic rings. The second kappa shape index (κ2) is 9.94. The maximum Gasteiger partial charge on any atom is 0.323 e. The molecule has 0 spiro atoms. The van der Waals surface area contributed by atoms with Crippen molar-refractivity contribution in [2.75, 3.05) is 43.7 Å². The first kappa shape index (κ1) is 22.1. The molecule has 0 saturated carbocycles. The Morgan fingerprint density at radius 2 is 2.23 bits per heavy atom. The van der Waals surface area contributed by atoms with Crippen molar-refractivity contribution in [1.29, 1.82) is 0 Å². The summed E-state index contributed by atoms with van der Waals surface area (Å²) >= 11 is 7.50. The van der Waals surface area contributed by atoms with Gasteiger partial charge < -0.3 is 19.7 Å². The molecule has 0 aromatic carbocycles. The largest absolute Gasteiger partial charge is 0.493 e. The van der Waals surface area contributed by atoms with E-state index in [-0.39, 0.29) is 25.0 Å². The van der Waals surface area contributed by atoms with Gasteiger partial charge in [-0.3, -0.25) is 9.69 Å². The summed E-state index contributed by atoms with van der Waals surface area (Å²) in [4.78, 5) is 37.3. The highest BCUT2D eigenvalue weighted by Crippen LogP contribution is 2.34. The second-order valence-corrected chi connectivity index (χ2v) is 7.99. The molecule has 1 aliphatic heterocycles. The van der Waals surface area contributed by atoms with E-state index in [9.17, 15) is 9.59 Å². The average molecular weight is 454 g/mol. The molecular formula is C19H24ClN5O4S. The first-order valence-electron chi connectivity index (χ1n) is 9.53. The van der Waals surface area contributed by atoms with Crippen molar-refractivity contribution in [2.24, 2.45) is 0 Å². The van der Waals surface area contributed by atoms with Gasteiger partial charge in [-0.2, -0.15) is 0 Å². The number of methoxy groups -OCH3 is 1. The van der Waals surface area contributed by atoms with Crippen molar-refractivity contribution in [3.63, 3.8) is 0 Å². The lowest BCUT2D eigenvalue weighted by atomic mass is 10.1. The lowest BCUT2D eigenvalue weighted by Crippen LogP contribution is -2.38. The van der Waals surface area contributed by atoms with Crippen LogP contribution in [-0.4, -0.2) is 55.8 Å². The van der Waals surface area contributed by atoms with E-state index in [2.05, 4.69) is 20.2 Å². The van der Waals surface area contributed by atoms with Crippen LogP contribution < -0.4 is 19.9 Å². The maximum absolute atomic E-state index is 12.4. The molecule has 162 valence electrons. The number of rotatable bonds is 7. The number of carbonyl (C=O) groups excluding carboxylic acids is 2. The summed E-state index contributed by atoms with van der Waals surface area (Å²) in [5, 5.41) is 3.65. The van der Waals surface area contributed by atoms with Gasteiger partial charge in [0.15, 0.2) is 16.0 Å². The Hall–Kier alpha value is -2.59. The normalized spacial score (nSPS) is 12.9. The zero-order valence-electron chi connectivity index (χ0n) is 17.1. The average Bonchev–Trinajstić information content (AvgIpc) is 3.17. The number of aromatic nitrogens is 2. The van der Waals surface area contributed by atoms with Gasteiger partial charge in [-0.15, -0.1) is 0 Å². The van der Waals surface area contributed by atoms with Gasteiger partial charge >= 0.3 is 12.0 Å². The minimum atomic E-state index is -0.335. The highest BCUT2D eigenvalue weighted by atomic mass is 35.5. The van der Waals surface area contributed by atoms with Gasteiger partial charge in [0.05, 0.1) is 44.3 Å². The number of ether oxygens (including phenoxy) is 2. The molecule has 9 nitrogen and oxygen atoms in total. The number of fused-ring (bicyclic) bond motifs is 1. The third-order valence-electron chi connectivity index (χ3n) is 4.60. The zero-order valence-corrected chi connectivity index (χ0v) is 18.7. The number of pyridine rings is 1. The quantitative estimate of drug-likeness (QED) is 0.508. The zero-order chi connectivity index (χ0) is 21.7. The number of anilines is 2. The summed E-state index contributed by atoms with van der Waals surface area (Å²) in [5.74, 6) is 0.197. The van der Waals surface area contributed by atoms with Gasteiger partial charge in [-0.1, -0.05) is 22.9 Å². The van der Waals surface area contributed by atoms with Gasteiger partial charge in [0, 0.05) is 37.5 Å². The van der Waals surface area contributed by atoms with Gasteiger partial charge in [0.25, 0.3) is 0 Å². The number of nitrogens with one attached hydrogen (secondary N) is 1.